The molecule has 6 heteroatoms. The Labute approximate surface area is 107 Å². The molecule has 1 fully saturated rings. The molecule has 1 saturated heterocycles. The number of nitrogens with one attached hydrogen (secondary N) is 1. The number of hydrogen-bond acceptors (Lipinski definition) is 4. The second-order valence-electron chi connectivity index (χ2n) is 4.68. The molecule has 1 aliphatic rings. The van der Waals surface area contributed by atoms with Gasteiger partial charge in [0, 0.05) is 26.6 Å². The third-order valence-electron chi connectivity index (χ3n) is 3.06. The molecule has 0 aromatic carbocycles. The molecular formula is C12H22N2O4. The average Bonchev–Trinajstić information content (AvgIpc) is 2.28. The van der Waals surface area contributed by atoms with Crippen LogP contribution in [0.2, 0.25) is 0 Å². The summed E-state index contributed by atoms with van der Waals surface area (Å²) in [5.74, 6) is -0.613. The van der Waals surface area contributed by atoms with Gasteiger partial charge in [-0.05, 0) is 25.3 Å². The molecule has 1 unspecified atom stereocenters. The van der Waals surface area contributed by atoms with Crippen molar-refractivity contribution in [3.8, 4) is 0 Å². The molecule has 0 radical (unpaired) electrons. The maximum absolute atomic E-state index is 11.6. The second kappa shape index (κ2) is 8.05. The van der Waals surface area contributed by atoms with E-state index in [0.717, 1.165) is 19.4 Å². The quantitative estimate of drug-likeness (QED) is 0.625. The number of hydrogen-bond donors (Lipinski definition) is 2. The van der Waals surface area contributed by atoms with Crippen molar-refractivity contribution in [3.63, 3.8) is 0 Å². The molecule has 1 heterocycles. The summed E-state index contributed by atoms with van der Waals surface area (Å²) in [6.07, 6.45) is 2.10. The van der Waals surface area contributed by atoms with Gasteiger partial charge in [-0.25, -0.2) is 0 Å². The van der Waals surface area contributed by atoms with Gasteiger partial charge in [0.1, 0.15) is 0 Å². The fourth-order valence-electron chi connectivity index (χ4n) is 2.26. The molecule has 18 heavy (non-hydrogen) atoms. The fraction of sp³-hybridized carbons (Fsp3) is 0.833. The number of piperidine rings is 1. The van der Waals surface area contributed by atoms with Crippen molar-refractivity contribution in [2.45, 2.75) is 19.3 Å². The molecule has 1 amide bonds. The van der Waals surface area contributed by atoms with Gasteiger partial charge in [-0.3, -0.25) is 14.5 Å². The molecule has 0 aromatic heterocycles. The first-order valence-electron chi connectivity index (χ1n) is 6.31. The van der Waals surface area contributed by atoms with Crippen molar-refractivity contribution >= 4 is 11.9 Å². The van der Waals surface area contributed by atoms with Gasteiger partial charge in [0.25, 0.3) is 0 Å². The maximum Gasteiger partial charge on any atom is 0.303 e. The lowest BCUT2D eigenvalue weighted by molar-refractivity contribution is -0.138. The number of carbonyl (C=O) groups is 2. The predicted molar refractivity (Wildman–Crippen MR) is 66.3 cm³/mol. The van der Waals surface area contributed by atoms with Crippen LogP contribution >= 0.6 is 0 Å². The minimum absolute atomic E-state index is 0.0250. The number of amides is 1. The van der Waals surface area contributed by atoms with E-state index in [1.807, 2.05) is 4.90 Å². The van der Waals surface area contributed by atoms with Gasteiger partial charge in [-0.15, -0.1) is 0 Å². The topological polar surface area (TPSA) is 78.9 Å². The minimum Gasteiger partial charge on any atom is -0.481 e. The normalized spacial score (nSPS) is 20.6. The predicted octanol–water partition coefficient (Wildman–Crippen LogP) is -0.0643. The van der Waals surface area contributed by atoms with E-state index in [4.69, 9.17) is 9.84 Å². The Kier molecular flexibility index (Phi) is 6.67. The highest BCUT2D eigenvalue weighted by Crippen LogP contribution is 2.19. The van der Waals surface area contributed by atoms with Crippen LogP contribution < -0.4 is 5.32 Å². The smallest absolute Gasteiger partial charge is 0.303 e. The van der Waals surface area contributed by atoms with Gasteiger partial charge in [0.2, 0.25) is 5.91 Å². The zero-order valence-corrected chi connectivity index (χ0v) is 10.9. The van der Waals surface area contributed by atoms with E-state index in [0.29, 0.717) is 26.2 Å². The third kappa shape index (κ3) is 5.97. The van der Waals surface area contributed by atoms with Gasteiger partial charge in [-0.2, -0.15) is 0 Å². The van der Waals surface area contributed by atoms with Crippen molar-refractivity contribution in [1.29, 1.82) is 0 Å². The van der Waals surface area contributed by atoms with Gasteiger partial charge in [0.05, 0.1) is 13.2 Å². The Balaban J connectivity index is 2.24. The molecule has 1 atom stereocenters. The summed E-state index contributed by atoms with van der Waals surface area (Å²) in [5.41, 5.74) is 0. The Hall–Kier alpha value is -1.14. The first kappa shape index (κ1) is 14.9. The molecular weight excluding hydrogens is 236 g/mol. The highest BCUT2D eigenvalue weighted by atomic mass is 16.5. The molecule has 2 N–H and O–H groups in total. The lowest BCUT2D eigenvalue weighted by atomic mass is 9.95. The summed E-state index contributed by atoms with van der Waals surface area (Å²) in [5, 5.41) is 11.5. The van der Waals surface area contributed by atoms with Crippen molar-refractivity contribution in [2.75, 3.05) is 39.9 Å². The first-order valence-corrected chi connectivity index (χ1v) is 6.31. The molecule has 0 saturated carbocycles. The standard InChI is InChI=1S/C12H22N2O4/c1-18-6-4-13-11(15)9-14-5-2-3-10(8-14)7-12(16)17/h10H,2-9H2,1H3,(H,13,15)(H,16,17). The van der Waals surface area contributed by atoms with Crippen LogP contribution in [0.25, 0.3) is 0 Å². The first-order chi connectivity index (χ1) is 8.61. The number of aliphatic carboxylic acids is 1. The summed E-state index contributed by atoms with van der Waals surface area (Å²) < 4.78 is 4.85. The Morgan fingerprint density at radius 3 is 2.94 bits per heavy atom. The number of likely N-dealkylation sites (tertiary alicyclic amines) is 1. The van der Waals surface area contributed by atoms with Crippen molar-refractivity contribution in [2.24, 2.45) is 5.92 Å². The van der Waals surface area contributed by atoms with Crippen LogP contribution in [0.5, 0.6) is 0 Å². The lowest BCUT2D eigenvalue weighted by Gasteiger charge is -2.31. The fourth-order valence-corrected chi connectivity index (χ4v) is 2.26. The second-order valence-corrected chi connectivity index (χ2v) is 4.68. The Morgan fingerprint density at radius 1 is 1.50 bits per heavy atom. The zero-order chi connectivity index (χ0) is 13.4. The number of methoxy groups -OCH3 is 1. The van der Waals surface area contributed by atoms with E-state index in [1.165, 1.54) is 0 Å². The molecule has 1 rings (SSSR count). The van der Waals surface area contributed by atoms with Crippen LogP contribution in [0, 0.1) is 5.92 Å². The minimum atomic E-state index is -0.758. The van der Waals surface area contributed by atoms with Crippen LogP contribution in [0.1, 0.15) is 19.3 Å². The van der Waals surface area contributed by atoms with Crippen molar-refractivity contribution in [3.05, 3.63) is 0 Å². The van der Waals surface area contributed by atoms with E-state index in [9.17, 15) is 9.59 Å². The summed E-state index contributed by atoms with van der Waals surface area (Å²) in [4.78, 5) is 24.3. The largest absolute Gasteiger partial charge is 0.481 e. The number of carboxylic acids is 1. The molecule has 1 aliphatic heterocycles. The van der Waals surface area contributed by atoms with E-state index < -0.39 is 5.97 Å². The van der Waals surface area contributed by atoms with Crippen LogP contribution in [-0.4, -0.2) is 61.8 Å². The molecule has 0 aliphatic carbocycles. The third-order valence-corrected chi connectivity index (χ3v) is 3.06. The molecule has 0 bridgehead atoms. The summed E-state index contributed by atoms with van der Waals surface area (Å²) >= 11 is 0. The summed E-state index contributed by atoms with van der Waals surface area (Å²) in [6.45, 7) is 2.94. The number of nitrogens with zero attached hydrogens (tertiary/aromatic N) is 1. The van der Waals surface area contributed by atoms with E-state index >= 15 is 0 Å². The number of ether oxygens (including phenoxy) is 1. The highest BCUT2D eigenvalue weighted by molar-refractivity contribution is 5.78. The van der Waals surface area contributed by atoms with E-state index in [1.54, 1.807) is 7.11 Å². The monoisotopic (exact) mass is 258 g/mol. The van der Waals surface area contributed by atoms with Gasteiger partial charge in [0.15, 0.2) is 0 Å². The van der Waals surface area contributed by atoms with Crippen molar-refractivity contribution < 1.29 is 19.4 Å². The Bertz CT molecular complexity index is 283. The molecule has 6 nitrogen and oxygen atoms in total. The number of carboxylic acid groups (broad SMARTS) is 1. The highest BCUT2D eigenvalue weighted by Gasteiger charge is 2.23. The maximum atomic E-state index is 11.6. The van der Waals surface area contributed by atoms with E-state index in [-0.39, 0.29) is 18.2 Å². The van der Waals surface area contributed by atoms with Crippen LogP contribution in [0.15, 0.2) is 0 Å². The zero-order valence-electron chi connectivity index (χ0n) is 10.9. The van der Waals surface area contributed by atoms with E-state index in [2.05, 4.69) is 5.32 Å². The molecule has 0 aromatic rings. The van der Waals surface area contributed by atoms with Gasteiger partial charge < -0.3 is 15.2 Å². The summed E-state index contributed by atoms with van der Waals surface area (Å²) in [6, 6.07) is 0. The summed E-state index contributed by atoms with van der Waals surface area (Å²) in [7, 11) is 1.59. The van der Waals surface area contributed by atoms with Gasteiger partial charge in [-0.1, -0.05) is 0 Å². The van der Waals surface area contributed by atoms with Gasteiger partial charge >= 0.3 is 5.97 Å². The number of rotatable bonds is 7. The molecule has 0 spiro atoms. The van der Waals surface area contributed by atoms with Crippen LogP contribution in [0.3, 0.4) is 0 Å². The van der Waals surface area contributed by atoms with Crippen LogP contribution in [0.4, 0.5) is 0 Å². The Morgan fingerprint density at radius 2 is 2.28 bits per heavy atom. The number of carbonyl (C=O) groups excluding carboxylic acids is 1. The molecule has 104 valence electrons. The van der Waals surface area contributed by atoms with Crippen molar-refractivity contribution in [1.82, 2.24) is 10.2 Å². The SMILES string of the molecule is COCCNC(=O)CN1CCCC(CC(=O)O)C1. The lowest BCUT2D eigenvalue weighted by Crippen LogP contribution is -2.43. The van der Waals surface area contributed by atoms with Crippen LogP contribution in [-0.2, 0) is 14.3 Å². The average molecular weight is 258 g/mol.